The normalized spacial score (nSPS) is 10.3. The summed E-state index contributed by atoms with van der Waals surface area (Å²) in [6.45, 7) is 2.09. The van der Waals surface area contributed by atoms with Crippen molar-refractivity contribution < 1.29 is 0 Å². The summed E-state index contributed by atoms with van der Waals surface area (Å²) in [5, 5.41) is 0. The number of aryl methyl sites for hydroxylation is 1. The van der Waals surface area contributed by atoms with Gasteiger partial charge in [0.05, 0.1) is 0 Å². The number of hydrogen-bond donors (Lipinski definition) is 0. The van der Waals surface area contributed by atoms with E-state index in [1.807, 2.05) is 36.5 Å². The molecule has 3 heteroatoms. The van der Waals surface area contributed by atoms with Crippen molar-refractivity contribution >= 4 is 15.9 Å². The van der Waals surface area contributed by atoms with Crippen molar-refractivity contribution in [3.63, 3.8) is 0 Å². The van der Waals surface area contributed by atoms with E-state index in [-0.39, 0.29) is 0 Å². The number of hydrogen-bond acceptors (Lipinski definition) is 2. The van der Waals surface area contributed by atoms with Gasteiger partial charge < -0.3 is 0 Å². The molecule has 76 valence electrons. The fourth-order valence-electron chi connectivity index (χ4n) is 1.36. The molecule has 0 aliphatic carbocycles. The summed E-state index contributed by atoms with van der Waals surface area (Å²) in [7, 11) is 0. The minimum atomic E-state index is 0.788. The highest BCUT2D eigenvalue weighted by Crippen LogP contribution is 2.19. The Labute approximate surface area is 97.5 Å². The first-order valence-corrected chi connectivity index (χ1v) is 5.67. The van der Waals surface area contributed by atoms with E-state index in [0.717, 1.165) is 28.0 Å². The molecule has 1 aromatic carbocycles. The molecule has 0 radical (unpaired) electrons. The quantitative estimate of drug-likeness (QED) is 0.829. The summed E-state index contributed by atoms with van der Waals surface area (Å²) in [6.07, 6.45) is 2.74. The third-order valence-electron chi connectivity index (χ3n) is 2.16. The standard InChI is InChI=1S/C12H11BrN2/c1-2-11-6-7-14-12(15-11)9-4-3-5-10(13)8-9/h3-8H,2H2,1H3. The molecule has 0 aliphatic heterocycles. The zero-order valence-corrected chi connectivity index (χ0v) is 10.0. The summed E-state index contributed by atoms with van der Waals surface area (Å²) in [6, 6.07) is 9.96. The van der Waals surface area contributed by atoms with Gasteiger partial charge in [0.25, 0.3) is 0 Å². The molecule has 0 N–H and O–H groups in total. The Morgan fingerprint density at radius 1 is 1.27 bits per heavy atom. The smallest absolute Gasteiger partial charge is 0.159 e. The summed E-state index contributed by atoms with van der Waals surface area (Å²) >= 11 is 3.44. The van der Waals surface area contributed by atoms with Gasteiger partial charge in [-0.3, -0.25) is 0 Å². The Morgan fingerprint density at radius 2 is 2.13 bits per heavy atom. The predicted molar refractivity (Wildman–Crippen MR) is 64.5 cm³/mol. The van der Waals surface area contributed by atoms with Crippen LogP contribution in [0.3, 0.4) is 0 Å². The van der Waals surface area contributed by atoms with E-state index < -0.39 is 0 Å². The molecule has 2 aromatic rings. The molecule has 0 saturated heterocycles. The Hall–Kier alpha value is -1.22. The van der Waals surface area contributed by atoms with Crippen LogP contribution in [-0.2, 0) is 6.42 Å². The first-order chi connectivity index (χ1) is 7.29. The van der Waals surface area contributed by atoms with Crippen molar-refractivity contribution in [2.75, 3.05) is 0 Å². The van der Waals surface area contributed by atoms with Crippen LogP contribution in [0, 0.1) is 0 Å². The maximum Gasteiger partial charge on any atom is 0.159 e. The van der Waals surface area contributed by atoms with Crippen LogP contribution in [0.4, 0.5) is 0 Å². The molecule has 0 amide bonds. The average molecular weight is 263 g/mol. The molecular formula is C12H11BrN2. The van der Waals surface area contributed by atoms with E-state index in [2.05, 4.69) is 32.8 Å². The molecule has 2 rings (SSSR count). The molecule has 0 bridgehead atoms. The van der Waals surface area contributed by atoms with Gasteiger partial charge in [0, 0.05) is 21.9 Å². The van der Waals surface area contributed by atoms with E-state index >= 15 is 0 Å². The van der Waals surface area contributed by atoms with Crippen LogP contribution in [0.2, 0.25) is 0 Å². The van der Waals surface area contributed by atoms with Gasteiger partial charge in [-0.25, -0.2) is 9.97 Å². The number of rotatable bonds is 2. The van der Waals surface area contributed by atoms with Gasteiger partial charge in [0.2, 0.25) is 0 Å². The van der Waals surface area contributed by atoms with Crippen molar-refractivity contribution in [2.24, 2.45) is 0 Å². The van der Waals surface area contributed by atoms with Crippen molar-refractivity contribution in [2.45, 2.75) is 13.3 Å². The third-order valence-corrected chi connectivity index (χ3v) is 2.65. The largest absolute Gasteiger partial charge is 0.237 e. The summed E-state index contributed by atoms with van der Waals surface area (Å²) in [5.41, 5.74) is 2.11. The summed E-state index contributed by atoms with van der Waals surface area (Å²) < 4.78 is 1.05. The number of benzene rings is 1. The van der Waals surface area contributed by atoms with Gasteiger partial charge in [0.1, 0.15) is 0 Å². The molecule has 2 nitrogen and oxygen atoms in total. The van der Waals surface area contributed by atoms with Crippen molar-refractivity contribution in [1.29, 1.82) is 0 Å². The fraction of sp³-hybridized carbons (Fsp3) is 0.167. The summed E-state index contributed by atoms with van der Waals surface area (Å²) in [4.78, 5) is 8.74. The van der Waals surface area contributed by atoms with Gasteiger partial charge in [-0.15, -0.1) is 0 Å². The lowest BCUT2D eigenvalue weighted by Gasteiger charge is -2.02. The molecule has 1 heterocycles. The molecule has 15 heavy (non-hydrogen) atoms. The van der Waals surface area contributed by atoms with Crippen molar-refractivity contribution in [3.8, 4) is 11.4 Å². The lowest BCUT2D eigenvalue weighted by atomic mass is 10.2. The highest BCUT2D eigenvalue weighted by Gasteiger charge is 2.01. The molecule has 0 fully saturated rings. The fourth-order valence-corrected chi connectivity index (χ4v) is 1.76. The second-order valence-electron chi connectivity index (χ2n) is 3.24. The Morgan fingerprint density at radius 3 is 2.87 bits per heavy atom. The molecule has 0 spiro atoms. The number of halogens is 1. The minimum Gasteiger partial charge on any atom is -0.237 e. The SMILES string of the molecule is CCc1ccnc(-c2cccc(Br)c2)n1. The number of aromatic nitrogens is 2. The van der Waals surface area contributed by atoms with Crippen LogP contribution >= 0.6 is 15.9 Å². The van der Waals surface area contributed by atoms with E-state index in [0.29, 0.717) is 0 Å². The zero-order chi connectivity index (χ0) is 10.7. The van der Waals surface area contributed by atoms with Gasteiger partial charge >= 0.3 is 0 Å². The van der Waals surface area contributed by atoms with Crippen LogP contribution in [0.25, 0.3) is 11.4 Å². The van der Waals surface area contributed by atoms with Gasteiger partial charge in [-0.2, -0.15) is 0 Å². The zero-order valence-electron chi connectivity index (χ0n) is 8.44. The van der Waals surface area contributed by atoms with Crippen molar-refractivity contribution in [3.05, 3.63) is 46.7 Å². The molecular weight excluding hydrogens is 252 g/mol. The Balaban J connectivity index is 2.44. The van der Waals surface area contributed by atoms with Crippen molar-refractivity contribution in [1.82, 2.24) is 9.97 Å². The molecule has 1 aromatic heterocycles. The first-order valence-electron chi connectivity index (χ1n) is 4.87. The lowest BCUT2D eigenvalue weighted by molar-refractivity contribution is 1.00. The highest BCUT2D eigenvalue weighted by atomic mass is 79.9. The molecule has 0 aliphatic rings. The van der Waals surface area contributed by atoms with Gasteiger partial charge in [0.15, 0.2) is 5.82 Å². The van der Waals surface area contributed by atoms with E-state index in [9.17, 15) is 0 Å². The van der Waals surface area contributed by atoms with E-state index in [1.165, 1.54) is 0 Å². The number of nitrogens with zero attached hydrogens (tertiary/aromatic N) is 2. The second-order valence-corrected chi connectivity index (χ2v) is 4.15. The first kappa shape index (κ1) is 10.3. The second kappa shape index (κ2) is 4.53. The van der Waals surface area contributed by atoms with Crippen LogP contribution < -0.4 is 0 Å². The van der Waals surface area contributed by atoms with Gasteiger partial charge in [-0.05, 0) is 24.6 Å². The maximum absolute atomic E-state index is 4.47. The highest BCUT2D eigenvalue weighted by molar-refractivity contribution is 9.10. The minimum absolute atomic E-state index is 0.788. The third kappa shape index (κ3) is 2.42. The maximum atomic E-state index is 4.47. The Bertz CT molecular complexity index is 469. The molecule has 0 atom stereocenters. The van der Waals surface area contributed by atoms with E-state index in [1.54, 1.807) is 0 Å². The molecule has 0 saturated carbocycles. The van der Waals surface area contributed by atoms with Crippen LogP contribution in [0.15, 0.2) is 41.0 Å². The monoisotopic (exact) mass is 262 g/mol. The topological polar surface area (TPSA) is 25.8 Å². The van der Waals surface area contributed by atoms with Gasteiger partial charge in [-0.1, -0.05) is 35.0 Å². The van der Waals surface area contributed by atoms with Crippen LogP contribution in [0.5, 0.6) is 0 Å². The van der Waals surface area contributed by atoms with E-state index in [4.69, 9.17) is 0 Å². The predicted octanol–water partition coefficient (Wildman–Crippen LogP) is 3.47. The van der Waals surface area contributed by atoms with Crippen LogP contribution in [0.1, 0.15) is 12.6 Å². The summed E-state index contributed by atoms with van der Waals surface area (Å²) in [5.74, 6) is 0.788. The lowest BCUT2D eigenvalue weighted by Crippen LogP contribution is -1.93. The molecule has 0 unspecified atom stereocenters. The average Bonchev–Trinajstić information content (AvgIpc) is 2.29. The Kier molecular flexibility index (Phi) is 3.11. The van der Waals surface area contributed by atoms with Crippen LogP contribution in [-0.4, -0.2) is 9.97 Å².